The lowest BCUT2D eigenvalue weighted by Crippen LogP contribution is -2.25. The van der Waals surface area contributed by atoms with E-state index in [0.29, 0.717) is 0 Å². The molecule has 0 saturated heterocycles. The molecule has 0 bridgehead atoms. The van der Waals surface area contributed by atoms with E-state index in [1.54, 1.807) is 0 Å². The van der Waals surface area contributed by atoms with Gasteiger partial charge in [0.05, 0.1) is 11.8 Å². The average molecular weight is 242 g/mol. The van der Waals surface area contributed by atoms with E-state index >= 15 is 0 Å². The van der Waals surface area contributed by atoms with Crippen LogP contribution in [0.2, 0.25) is 0 Å². The SMILES string of the molecule is CCCC(CCC)C(=O)OC(=O)C(CC)CC. The molecule has 0 aromatic carbocycles. The maximum atomic E-state index is 11.8. The zero-order valence-electron chi connectivity index (χ0n) is 11.6. The van der Waals surface area contributed by atoms with E-state index in [1.165, 1.54) is 0 Å². The third-order valence-corrected chi connectivity index (χ3v) is 3.13. The van der Waals surface area contributed by atoms with Crippen LogP contribution in [-0.4, -0.2) is 11.9 Å². The molecule has 0 amide bonds. The van der Waals surface area contributed by atoms with Crippen molar-refractivity contribution in [1.29, 1.82) is 0 Å². The Kier molecular flexibility index (Phi) is 8.73. The maximum absolute atomic E-state index is 11.8. The number of ether oxygens (including phenoxy) is 1. The van der Waals surface area contributed by atoms with E-state index in [1.807, 2.05) is 27.7 Å². The fourth-order valence-electron chi connectivity index (χ4n) is 1.96. The topological polar surface area (TPSA) is 43.4 Å². The molecule has 0 spiro atoms. The standard InChI is InChI=1S/C14H26O3/c1-5-9-12(10-6-2)14(16)17-13(15)11(7-3)8-4/h11-12H,5-10H2,1-4H3. The highest BCUT2D eigenvalue weighted by Crippen LogP contribution is 2.17. The van der Waals surface area contributed by atoms with Crippen LogP contribution in [0.25, 0.3) is 0 Å². The van der Waals surface area contributed by atoms with Crippen LogP contribution >= 0.6 is 0 Å². The first-order valence-electron chi connectivity index (χ1n) is 6.86. The van der Waals surface area contributed by atoms with Crippen LogP contribution in [0, 0.1) is 11.8 Å². The highest BCUT2D eigenvalue weighted by atomic mass is 16.6. The second kappa shape index (κ2) is 9.20. The molecule has 0 heterocycles. The first-order valence-corrected chi connectivity index (χ1v) is 6.86. The van der Waals surface area contributed by atoms with Gasteiger partial charge in [-0.05, 0) is 25.7 Å². The van der Waals surface area contributed by atoms with Gasteiger partial charge in [-0.15, -0.1) is 0 Å². The van der Waals surface area contributed by atoms with Gasteiger partial charge in [-0.2, -0.15) is 0 Å². The molecular weight excluding hydrogens is 216 g/mol. The first kappa shape index (κ1) is 16.1. The molecule has 0 atom stereocenters. The van der Waals surface area contributed by atoms with Gasteiger partial charge in [0, 0.05) is 0 Å². The lowest BCUT2D eigenvalue weighted by Gasteiger charge is -2.16. The van der Waals surface area contributed by atoms with Gasteiger partial charge in [0.25, 0.3) is 0 Å². The summed E-state index contributed by atoms with van der Waals surface area (Å²) in [6.07, 6.45) is 4.97. The Labute approximate surface area is 105 Å². The Hall–Kier alpha value is -0.860. The van der Waals surface area contributed by atoms with E-state index in [4.69, 9.17) is 4.74 Å². The van der Waals surface area contributed by atoms with Gasteiger partial charge < -0.3 is 4.74 Å². The van der Waals surface area contributed by atoms with Crippen LogP contribution < -0.4 is 0 Å². The highest BCUT2D eigenvalue weighted by molar-refractivity contribution is 5.87. The smallest absolute Gasteiger partial charge is 0.316 e. The number of hydrogen-bond acceptors (Lipinski definition) is 3. The summed E-state index contributed by atoms with van der Waals surface area (Å²) in [4.78, 5) is 23.5. The van der Waals surface area contributed by atoms with Crippen molar-refractivity contribution in [3.05, 3.63) is 0 Å². The number of carbonyl (C=O) groups excluding carboxylic acids is 2. The number of hydrogen-bond donors (Lipinski definition) is 0. The zero-order valence-corrected chi connectivity index (χ0v) is 11.6. The quantitative estimate of drug-likeness (QED) is 0.481. The largest absolute Gasteiger partial charge is 0.393 e. The fraction of sp³-hybridized carbons (Fsp3) is 0.857. The molecular formula is C14H26O3. The lowest BCUT2D eigenvalue weighted by atomic mass is 9.98. The molecule has 0 aromatic rings. The minimum atomic E-state index is -0.350. The van der Waals surface area contributed by atoms with Gasteiger partial charge in [-0.25, -0.2) is 0 Å². The zero-order chi connectivity index (χ0) is 13.3. The number of carbonyl (C=O) groups is 2. The minimum Gasteiger partial charge on any atom is -0.393 e. The molecule has 0 unspecified atom stereocenters. The van der Waals surface area contributed by atoms with E-state index in [2.05, 4.69) is 0 Å². The third-order valence-electron chi connectivity index (χ3n) is 3.13. The number of rotatable bonds is 8. The summed E-state index contributed by atoms with van der Waals surface area (Å²) in [5.74, 6) is -0.922. The van der Waals surface area contributed by atoms with Crippen molar-refractivity contribution < 1.29 is 14.3 Å². The van der Waals surface area contributed by atoms with Crippen LogP contribution in [0.15, 0.2) is 0 Å². The van der Waals surface area contributed by atoms with Gasteiger partial charge in [-0.1, -0.05) is 40.5 Å². The van der Waals surface area contributed by atoms with Crippen molar-refractivity contribution in [2.45, 2.75) is 66.2 Å². The summed E-state index contributed by atoms with van der Waals surface area (Å²) < 4.78 is 4.98. The maximum Gasteiger partial charge on any atom is 0.316 e. The summed E-state index contributed by atoms with van der Waals surface area (Å²) in [6, 6.07) is 0. The van der Waals surface area contributed by atoms with Crippen LogP contribution in [0.5, 0.6) is 0 Å². The molecule has 3 heteroatoms. The summed E-state index contributed by atoms with van der Waals surface area (Å²) in [6.45, 7) is 7.96. The molecule has 3 nitrogen and oxygen atoms in total. The van der Waals surface area contributed by atoms with E-state index < -0.39 is 0 Å². The predicted molar refractivity (Wildman–Crippen MR) is 68.5 cm³/mol. The van der Waals surface area contributed by atoms with Gasteiger partial charge in [0.15, 0.2) is 0 Å². The summed E-state index contributed by atoms with van der Waals surface area (Å²) >= 11 is 0. The van der Waals surface area contributed by atoms with Gasteiger partial charge in [0.2, 0.25) is 0 Å². The van der Waals surface area contributed by atoms with Crippen molar-refractivity contribution in [2.24, 2.45) is 11.8 Å². The van der Waals surface area contributed by atoms with E-state index in [-0.39, 0.29) is 23.8 Å². The van der Waals surface area contributed by atoms with Gasteiger partial charge in [-0.3, -0.25) is 9.59 Å². The molecule has 0 aliphatic rings. The average Bonchev–Trinajstić information content (AvgIpc) is 2.30. The van der Waals surface area contributed by atoms with Crippen molar-refractivity contribution in [3.63, 3.8) is 0 Å². The second-order valence-corrected chi connectivity index (χ2v) is 4.53. The molecule has 0 saturated carbocycles. The van der Waals surface area contributed by atoms with Crippen molar-refractivity contribution in [2.75, 3.05) is 0 Å². The molecule has 0 fully saturated rings. The Balaban J connectivity index is 4.33. The van der Waals surface area contributed by atoms with Crippen molar-refractivity contribution in [3.8, 4) is 0 Å². The van der Waals surface area contributed by atoms with Crippen molar-refractivity contribution >= 4 is 11.9 Å². The van der Waals surface area contributed by atoms with Crippen molar-refractivity contribution in [1.82, 2.24) is 0 Å². The summed E-state index contributed by atoms with van der Waals surface area (Å²) in [5, 5.41) is 0. The van der Waals surface area contributed by atoms with Crippen LogP contribution in [0.3, 0.4) is 0 Å². The minimum absolute atomic E-state index is 0.108. The Morgan fingerprint density at radius 3 is 1.59 bits per heavy atom. The molecule has 0 aliphatic carbocycles. The normalized spacial score (nSPS) is 10.9. The van der Waals surface area contributed by atoms with E-state index in [9.17, 15) is 9.59 Å². The van der Waals surface area contributed by atoms with Crippen LogP contribution in [-0.2, 0) is 14.3 Å². The number of esters is 2. The first-order chi connectivity index (χ1) is 8.10. The van der Waals surface area contributed by atoms with Crippen LogP contribution in [0.1, 0.15) is 66.2 Å². The third kappa shape index (κ3) is 5.85. The Bertz CT molecular complexity index is 226. The molecule has 0 aliphatic heterocycles. The summed E-state index contributed by atoms with van der Waals surface area (Å²) in [7, 11) is 0. The monoisotopic (exact) mass is 242 g/mol. The van der Waals surface area contributed by atoms with E-state index in [0.717, 1.165) is 38.5 Å². The Morgan fingerprint density at radius 1 is 0.824 bits per heavy atom. The fourth-order valence-corrected chi connectivity index (χ4v) is 1.96. The lowest BCUT2D eigenvalue weighted by molar-refractivity contribution is -0.166. The molecule has 0 rings (SSSR count). The molecule has 0 radical (unpaired) electrons. The molecule has 0 aromatic heterocycles. The molecule has 0 N–H and O–H groups in total. The predicted octanol–water partition coefficient (Wildman–Crippen LogP) is 3.71. The molecule has 17 heavy (non-hydrogen) atoms. The van der Waals surface area contributed by atoms with Gasteiger partial charge in [0.1, 0.15) is 0 Å². The van der Waals surface area contributed by atoms with Gasteiger partial charge >= 0.3 is 11.9 Å². The Morgan fingerprint density at radius 2 is 1.24 bits per heavy atom. The summed E-state index contributed by atoms with van der Waals surface area (Å²) in [5.41, 5.74) is 0. The van der Waals surface area contributed by atoms with Crippen LogP contribution in [0.4, 0.5) is 0 Å². The molecule has 100 valence electrons. The highest BCUT2D eigenvalue weighted by Gasteiger charge is 2.24. The second-order valence-electron chi connectivity index (χ2n) is 4.53.